The molecule has 36 heavy (non-hydrogen) atoms. The second-order valence-electron chi connectivity index (χ2n) is 9.30. The van der Waals surface area contributed by atoms with Crippen LogP contribution in [0, 0.1) is 11.3 Å². The summed E-state index contributed by atoms with van der Waals surface area (Å²) in [4.78, 5) is 22.6. The number of furan rings is 1. The number of nitriles is 1. The summed E-state index contributed by atoms with van der Waals surface area (Å²) in [6.07, 6.45) is 9.41. The van der Waals surface area contributed by atoms with Crippen molar-refractivity contribution in [2.75, 3.05) is 6.61 Å². The van der Waals surface area contributed by atoms with Crippen LogP contribution < -0.4 is 5.69 Å². The van der Waals surface area contributed by atoms with Crippen molar-refractivity contribution < 1.29 is 9.15 Å². The molecule has 182 valence electrons. The minimum absolute atomic E-state index is 0.0797. The van der Waals surface area contributed by atoms with E-state index in [4.69, 9.17) is 9.15 Å². The van der Waals surface area contributed by atoms with Crippen molar-refractivity contribution in [3.8, 4) is 28.6 Å². The van der Waals surface area contributed by atoms with Gasteiger partial charge in [0, 0.05) is 55.7 Å². The first-order valence-corrected chi connectivity index (χ1v) is 12.0. The van der Waals surface area contributed by atoms with Gasteiger partial charge in [-0.05, 0) is 31.4 Å². The number of fused-ring (bicyclic) bond motifs is 3. The van der Waals surface area contributed by atoms with Gasteiger partial charge in [0.05, 0.1) is 36.0 Å². The van der Waals surface area contributed by atoms with Gasteiger partial charge < -0.3 is 13.7 Å². The number of rotatable bonds is 4. The standard InChI is InChI=1S/C26H25N7O3/c1-4-18-8-17(5-6-35-18)33-24-20-9-19(21-13-31(2)14-28-21)15(10-27)7-22(20)36-25(24)23(30-26(33)34)16-11-29-32(3)12-16/h7,9,11-14,17-18H,4-6,8H2,1-3H3. The molecule has 0 saturated carbocycles. The number of hydrogen-bond donors (Lipinski definition) is 0. The summed E-state index contributed by atoms with van der Waals surface area (Å²) in [7, 11) is 3.69. The molecule has 10 heteroatoms. The molecule has 1 aliphatic rings. The monoisotopic (exact) mass is 483 g/mol. The Hall–Kier alpha value is -4.23. The van der Waals surface area contributed by atoms with Crippen molar-refractivity contribution in [3.63, 3.8) is 0 Å². The fourth-order valence-electron chi connectivity index (χ4n) is 5.14. The summed E-state index contributed by atoms with van der Waals surface area (Å²) in [6, 6.07) is 5.82. The van der Waals surface area contributed by atoms with Crippen LogP contribution in [-0.2, 0) is 18.8 Å². The zero-order chi connectivity index (χ0) is 25.0. The number of ether oxygens (including phenoxy) is 1. The molecule has 5 heterocycles. The maximum atomic E-state index is 13.6. The predicted octanol–water partition coefficient (Wildman–Crippen LogP) is 3.95. The van der Waals surface area contributed by atoms with E-state index in [9.17, 15) is 10.1 Å². The van der Waals surface area contributed by atoms with E-state index in [1.54, 1.807) is 34.0 Å². The smallest absolute Gasteiger partial charge is 0.349 e. The quantitative estimate of drug-likeness (QED) is 0.380. The van der Waals surface area contributed by atoms with Crippen molar-refractivity contribution >= 4 is 22.1 Å². The van der Waals surface area contributed by atoms with Gasteiger partial charge in [0.2, 0.25) is 0 Å². The molecule has 0 amide bonds. The van der Waals surface area contributed by atoms with E-state index in [0.29, 0.717) is 57.8 Å². The summed E-state index contributed by atoms with van der Waals surface area (Å²) in [5.41, 5.74) is 4.29. The Morgan fingerprint density at radius 2 is 2.11 bits per heavy atom. The summed E-state index contributed by atoms with van der Waals surface area (Å²) < 4.78 is 17.5. The van der Waals surface area contributed by atoms with Gasteiger partial charge in [-0.15, -0.1) is 0 Å². The number of aryl methyl sites for hydroxylation is 2. The Balaban J connectivity index is 1.69. The van der Waals surface area contributed by atoms with Crippen LogP contribution in [0.3, 0.4) is 0 Å². The molecule has 6 rings (SSSR count). The maximum Gasteiger partial charge on any atom is 0.349 e. The first kappa shape index (κ1) is 22.2. The Labute approximate surface area is 206 Å². The van der Waals surface area contributed by atoms with Crippen molar-refractivity contribution in [3.05, 3.63) is 53.1 Å². The van der Waals surface area contributed by atoms with Crippen LogP contribution in [0.25, 0.3) is 44.6 Å². The second-order valence-corrected chi connectivity index (χ2v) is 9.30. The van der Waals surface area contributed by atoms with Crippen molar-refractivity contribution in [1.29, 1.82) is 5.26 Å². The summed E-state index contributed by atoms with van der Waals surface area (Å²) >= 11 is 0. The molecule has 0 spiro atoms. The van der Waals surface area contributed by atoms with Crippen LogP contribution in [0.4, 0.5) is 0 Å². The highest BCUT2D eigenvalue weighted by molar-refractivity contribution is 6.08. The van der Waals surface area contributed by atoms with E-state index in [1.165, 1.54) is 0 Å². The lowest BCUT2D eigenvalue weighted by Crippen LogP contribution is -2.34. The Kier molecular flexibility index (Phi) is 5.23. The van der Waals surface area contributed by atoms with Gasteiger partial charge in [0.1, 0.15) is 16.8 Å². The molecule has 0 N–H and O–H groups in total. The molecule has 2 unspecified atom stereocenters. The first-order chi connectivity index (χ1) is 17.5. The summed E-state index contributed by atoms with van der Waals surface area (Å²) in [6.45, 7) is 2.67. The molecule has 0 bridgehead atoms. The predicted molar refractivity (Wildman–Crippen MR) is 133 cm³/mol. The third-order valence-electron chi connectivity index (χ3n) is 6.91. The van der Waals surface area contributed by atoms with Crippen LogP contribution in [0.1, 0.15) is 37.8 Å². The topological polar surface area (TPSA) is 117 Å². The molecule has 1 saturated heterocycles. The normalized spacial score (nSPS) is 18.2. The van der Waals surface area contributed by atoms with Gasteiger partial charge >= 0.3 is 5.69 Å². The SMILES string of the molecule is CCC1CC(n2c(=O)nc(-c3cnn(C)c3)c3oc4cc(C#N)c(-c5cn(C)cn5)cc4c32)CCO1. The Morgan fingerprint density at radius 3 is 2.81 bits per heavy atom. The first-order valence-electron chi connectivity index (χ1n) is 12.0. The van der Waals surface area contributed by atoms with Gasteiger partial charge in [0.25, 0.3) is 0 Å². The average molecular weight is 484 g/mol. The molecule has 0 aliphatic carbocycles. The molecule has 1 aliphatic heterocycles. The van der Waals surface area contributed by atoms with Crippen molar-refractivity contribution in [2.24, 2.45) is 14.1 Å². The van der Waals surface area contributed by atoms with E-state index < -0.39 is 0 Å². The van der Waals surface area contributed by atoms with Gasteiger partial charge in [-0.3, -0.25) is 9.25 Å². The van der Waals surface area contributed by atoms with Crippen LogP contribution in [-0.4, -0.2) is 41.6 Å². The Morgan fingerprint density at radius 1 is 1.25 bits per heavy atom. The average Bonchev–Trinajstić information content (AvgIpc) is 3.61. The van der Waals surface area contributed by atoms with Gasteiger partial charge in [-0.25, -0.2) is 9.78 Å². The number of benzene rings is 1. The van der Waals surface area contributed by atoms with E-state index in [-0.39, 0.29) is 17.8 Å². The fourth-order valence-corrected chi connectivity index (χ4v) is 5.14. The second kappa shape index (κ2) is 8.46. The zero-order valence-electron chi connectivity index (χ0n) is 20.3. The van der Waals surface area contributed by atoms with Crippen molar-refractivity contribution in [1.82, 2.24) is 28.9 Å². The molecule has 1 fully saturated rings. The third kappa shape index (κ3) is 3.51. The highest BCUT2D eigenvalue weighted by Crippen LogP contribution is 2.39. The third-order valence-corrected chi connectivity index (χ3v) is 6.91. The van der Waals surface area contributed by atoms with E-state index >= 15 is 0 Å². The lowest BCUT2D eigenvalue weighted by atomic mass is 9.99. The summed E-state index contributed by atoms with van der Waals surface area (Å²) in [5, 5.41) is 14.9. The van der Waals surface area contributed by atoms with Crippen molar-refractivity contribution in [2.45, 2.75) is 38.3 Å². The molecule has 1 aromatic carbocycles. The highest BCUT2D eigenvalue weighted by Gasteiger charge is 2.29. The summed E-state index contributed by atoms with van der Waals surface area (Å²) in [5.74, 6) is 0. The molecule has 2 atom stereocenters. The van der Waals surface area contributed by atoms with Crippen LogP contribution in [0.15, 0.2) is 46.3 Å². The highest BCUT2D eigenvalue weighted by atomic mass is 16.5. The van der Waals surface area contributed by atoms with Crippen LogP contribution in [0.2, 0.25) is 0 Å². The Bertz CT molecular complexity index is 1720. The number of aromatic nitrogens is 6. The lowest BCUT2D eigenvalue weighted by molar-refractivity contribution is -0.00709. The molecule has 10 nitrogen and oxygen atoms in total. The maximum absolute atomic E-state index is 13.6. The number of nitrogens with zero attached hydrogens (tertiary/aromatic N) is 7. The van der Waals surface area contributed by atoms with Crippen LogP contribution >= 0.6 is 0 Å². The molecular formula is C26H25N7O3. The number of hydrogen-bond acceptors (Lipinski definition) is 7. The molecule has 4 aromatic heterocycles. The van der Waals surface area contributed by atoms with Gasteiger partial charge in [0.15, 0.2) is 5.58 Å². The van der Waals surface area contributed by atoms with E-state index in [0.717, 1.165) is 18.2 Å². The van der Waals surface area contributed by atoms with E-state index in [2.05, 4.69) is 28.1 Å². The number of imidazole rings is 1. The zero-order valence-corrected chi connectivity index (χ0v) is 20.3. The minimum atomic E-state index is -0.338. The lowest BCUT2D eigenvalue weighted by Gasteiger charge is -2.30. The minimum Gasteiger partial charge on any atom is -0.452 e. The fraction of sp³-hybridized carbons (Fsp3) is 0.346. The molecular weight excluding hydrogens is 458 g/mol. The van der Waals surface area contributed by atoms with Gasteiger partial charge in [-0.2, -0.15) is 15.3 Å². The van der Waals surface area contributed by atoms with Gasteiger partial charge in [-0.1, -0.05) is 6.92 Å². The van der Waals surface area contributed by atoms with E-state index in [1.807, 2.05) is 30.9 Å². The molecule has 5 aromatic rings. The van der Waals surface area contributed by atoms with Crippen LogP contribution in [0.5, 0.6) is 0 Å². The molecule has 0 radical (unpaired) electrons. The largest absolute Gasteiger partial charge is 0.452 e.